The van der Waals surface area contributed by atoms with Crippen LogP contribution in [0.25, 0.3) is 0 Å². The van der Waals surface area contributed by atoms with E-state index in [1.165, 1.54) is 29.2 Å². The van der Waals surface area contributed by atoms with Crippen molar-refractivity contribution >= 4 is 11.6 Å². The molecule has 1 heterocycles. The van der Waals surface area contributed by atoms with Crippen molar-refractivity contribution in [2.75, 3.05) is 4.90 Å². The van der Waals surface area contributed by atoms with E-state index in [4.69, 9.17) is 0 Å². The van der Waals surface area contributed by atoms with Crippen LogP contribution in [-0.4, -0.2) is 12.3 Å². The lowest BCUT2D eigenvalue weighted by atomic mass is 10.0. The zero-order valence-electron chi connectivity index (χ0n) is 12.4. The molecule has 0 aliphatic carbocycles. The van der Waals surface area contributed by atoms with E-state index in [9.17, 15) is 22.4 Å². The van der Waals surface area contributed by atoms with Crippen molar-refractivity contribution in [3.05, 3.63) is 59.9 Å². The average molecular weight is 339 g/mol. The van der Waals surface area contributed by atoms with Gasteiger partial charge in [-0.05, 0) is 48.4 Å². The molecule has 1 unspecified atom stereocenters. The summed E-state index contributed by atoms with van der Waals surface area (Å²) in [5.74, 6) is -0.922. The minimum absolute atomic E-state index is 0.159. The lowest BCUT2D eigenvalue weighted by Gasteiger charge is -2.25. The van der Waals surface area contributed by atoms with Crippen LogP contribution in [-0.2, 0) is 4.79 Å². The summed E-state index contributed by atoms with van der Waals surface area (Å²) in [6.07, 6.45) is -3.96. The fourth-order valence-electron chi connectivity index (χ4n) is 2.85. The Labute approximate surface area is 135 Å². The summed E-state index contributed by atoms with van der Waals surface area (Å²) in [7, 11) is 0. The molecule has 1 amide bonds. The molecule has 1 atom stereocenters. The molecule has 7 heteroatoms. The van der Waals surface area contributed by atoms with Gasteiger partial charge in [0, 0.05) is 12.1 Å². The van der Waals surface area contributed by atoms with Crippen molar-refractivity contribution < 1.29 is 27.1 Å². The van der Waals surface area contributed by atoms with E-state index < -0.39 is 12.2 Å². The standard InChI is InChI=1S/C17H13F4NO2/c18-12-3-1-2-11(10-12)15-8-9-16(23)22(15)13-4-6-14(7-5-13)24-17(19,20)21/h1-7,10,15H,8-9H2. The highest BCUT2D eigenvalue weighted by Crippen LogP contribution is 2.38. The van der Waals surface area contributed by atoms with Gasteiger partial charge in [0.15, 0.2) is 0 Å². The van der Waals surface area contributed by atoms with Crippen molar-refractivity contribution in [1.82, 2.24) is 0 Å². The average Bonchev–Trinajstić information content (AvgIpc) is 2.88. The first-order valence-electron chi connectivity index (χ1n) is 7.27. The molecule has 0 bridgehead atoms. The lowest BCUT2D eigenvalue weighted by Crippen LogP contribution is -2.27. The van der Waals surface area contributed by atoms with Crippen LogP contribution >= 0.6 is 0 Å². The van der Waals surface area contributed by atoms with Gasteiger partial charge in [-0.1, -0.05) is 12.1 Å². The maximum atomic E-state index is 13.4. The smallest absolute Gasteiger partial charge is 0.406 e. The van der Waals surface area contributed by atoms with E-state index in [0.29, 0.717) is 24.1 Å². The summed E-state index contributed by atoms with van der Waals surface area (Å²) < 4.78 is 53.9. The largest absolute Gasteiger partial charge is 0.573 e. The second-order valence-corrected chi connectivity index (χ2v) is 5.41. The number of anilines is 1. The number of amides is 1. The second kappa shape index (κ2) is 6.14. The first-order chi connectivity index (χ1) is 11.3. The Kier molecular flexibility index (Phi) is 4.17. The molecular formula is C17H13F4NO2. The molecule has 1 aliphatic rings. The van der Waals surface area contributed by atoms with Crippen LogP contribution in [0, 0.1) is 5.82 Å². The number of benzene rings is 2. The molecule has 1 aliphatic heterocycles. The summed E-state index contributed by atoms with van der Waals surface area (Å²) in [4.78, 5) is 13.7. The van der Waals surface area contributed by atoms with Gasteiger partial charge in [0.1, 0.15) is 11.6 Å². The van der Waals surface area contributed by atoms with Gasteiger partial charge in [0.2, 0.25) is 5.91 Å². The highest BCUT2D eigenvalue weighted by atomic mass is 19.4. The van der Waals surface area contributed by atoms with Gasteiger partial charge in [0.25, 0.3) is 0 Å². The van der Waals surface area contributed by atoms with Gasteiger partial charge >= 0.3 is 6.36 Å². The molecule has 0 aromatic heterocycles. The van der Waals surface area contributed by atoms with Crippen LogP contribution < -0.4 is 9.64 Å². The molecule has 1 fully saturated rings. The molecule has 0 radical (unpaired) electrons. The summed E-state index contributed by atoms with van der Waals surface area (Å²) in [5.41, 5.74) is 1.10. The summed E-state index contributed by atoms with van der Waals surface area (Å²) in [6.45, 7) is 0. The molecule has 2 aromatic carbocycles. The quantitative estimate of drug-likeness (QED) is 0.766. The van der Waals surface area contributed by atoms with Crippen molar-refractivity contribution in [3.63, 3.8) is 0 Å². The minimum Gasteiger partial charge on any atom is -0.406 e. The van der Waals surface area contributed by atoms with E-state index >= 15 is 0 Å². The Morgan fingerprint density at radius 1 is 1.08 bits per heavy atom. The summed E-state index contributed by atoms with van der Waals surface area (Å²) in [5, 5.41) is 0. The Hall–Kier alpha value is -2.57. The van der Waals surface area contributed by atoms with Crippen molar-refractivity contribution in [2.45, 2.75) is 25.2 Å². The van der Waals surface area contributed by atoms with E-state index in [-0.39, 0.29) is 17.7 Å². The molecule has 126 valence electrons. The molecule has 3 rings (SSSR count). The molecular weight excluding hydrogens is 326 g/mol. The normalized spacial score (nSPS) is 18.1. The summed E-state index contributed by atoms with van der Waals surface area (Å²) in [6, 6.07) is 10.7. The molecule has 0 N–H and O–H groups in total. The monoisotopic (exact) mass is 339 g/mol. The number of nitrogens with zero attached hydrogens (tertiary/aromatic N) is 1. The number of carbonyl (C=O) groups is 1. The van der Waals surface area contributed by atoms with Crippen molar-refractivity contribution in [2.24, 2.45) is 0 Å². The Morgan fingerprint density at radius 2 is 1.79 bits per heavy atom. The zero-order chi connectivity index (χ0) is 17.3. The number of hydrogen-bond acceptors (Lipinski definition) is 2. The van der Waals surface area contributed by atoms with Gasteiger partial charge in [-0.2, -0.15) is 0 Å². The number of alkyl halides is 3. The van der Waals surface area contributed by atoms with E-state index in [1.807, 2.05) is 0 Å². The fourth-order valence-corrected chi connectivity index (χ4v) is 2.85. The number of hydrogen-bond donors (Lipinski definition) is 0. The zero-order valence-corrected chi connectivity index (χ0v) is 12.4. The van der Waals surface area contributed by atoms with Gasteiger partial charge in [-0.3, -0.25) is 4.79 Å². The van der Waals surface area contributed by atoms with E-state index in [2.05, 4.69) is 4.74 Å². The maximum absolute atomic E-state index is 13.4. The molecule has 2 aromatic rings. The first-order valence-corrected chi connectivity index (χ1v) is 7.27. The van der Waals surface area contributed by atoms with Crippen LogP contribution in [0.15, 0.2) is 48.5 Å². The molecule has 0 spiro atoms. The van der Waals surface area contributed by atoms with Crippen LogP contribution in [0.4, 0.5) is 23.2 Å². The van der Waals surface area contributed by atoms with Gasteiger partial charge in [0.05, 0.1) is 6.04 Å². The predicted octanol–water partition coefficient (Wildman–Crippen LogP) is 4.59. The van der Waals surface area contributed by atoms with Gasteiger partial charge in [-0.15, -0.1) is 13.2 Å². The third-order valence-corrected chi connectivity index (χ3v) is 3.79. The molecule has 24 heavy (non-hydrogen) atoms. The van der Waals surface area contributed by atoms with Crippen LogP contribution in [0.3, 0.4) is 0 Å². The summed E-state index contributed by atoms with van der Waals surface area (Å²) >= 11 is 0. The Balaban J connectivity index is 1.87. The number of halogens is 4. The highest BCUT2D eigenvalue weighted by molar-refractivity contribution is 5.96. The number of ether oxygens (including phenoxy) is 1. The van der Waals surface area contributed by atoms with Crippen LogP contribution in [0.5, 0.6) is 5.75 Å². The van der Waals surface area contributed by atoms with Crippen LogP contribution in [0.2, 0.25) is 0 Å². The Morgan fingerprint density at radius 3 is 2.42 bits per heavy atom. The maximum Gasteiger partial charge on any atom is 0.573 e. The fraction of sp³-hybridized carbons (Fsp3) is 0.235. The molecule has 1 saturated heterocycles. The third-order valence-electron chi connectivity index (χ3n) is 3.79. The SMILES string of the molecule is O=C1CCC(c2cccc(F)c2)N1c1ccc(OC(F)(F)F)cc1. The number of carbonyl (C=O) groups excluding carboxylic acids is 1. The van der Waals surface area contributed by atoms with E-state index in [1.54, 1.807) is 12.1 Å². The first kappa shape index (κ1) is 16.3. The molecule has 0 saturated carbocycles. The lowest BCUT2D eigenvalue weighted by molar-refractivity contribution is -0.274. The number of rotatable bonds is 3. The van der Waals surface area contributed by atoms with Gasteiger partial charge < -0.3 is 9.64 Å². The predicted molar refractivity (Wildman–Crippen MR) is 79.0 cm³/mol. The van der Waals surface area contributed by atoms with Crippen LogP contribution in [0.1, 0.15) is 24.4 Å². The molecule has 3 nitrogen and oxygen atoms in total. The van der Waals surface area contributed by atoms with Gasteiger partial charge in [-0.25, -0.2) is 4.39 Å². The second-order valence-electron chi connectivity index (χ2n) is 5.41. The van der Waals surface area contributed by atoms with Crippen molar-refractivity contribution in [1.29, 1.82) is 0 Å². The topological polar surface area (TPSA) is 29.5 Å². The van der Waals surface area contributed by atoms with Crippen molar-refractivity contribution in [3.8, 4) is 5.75 Å². The third kappa shape index (κ3) is 3.50. The minimum atomic E-state index is -4.77. The highest BCUT2D eigenvalue weighted by Gasteiger charge is 2.34. The Bertz CT molecular complexity index is 743. The van der Waals surface area contributed by atoms with E-state index in [0.717, 1.165) is 12.1 Å².